The zero-order chi connectivity index (χ0) is 12.7. The van der Waals surface area contributed by atoms with Crippen molar-refractivity contribution in [3.63, 3.8) is 0 Å². The van der Waals surface area contributed by atoms with Crippen LogP contribution < -0.4 is 5.73 Å². The summed E-state index contributed by atoms with van der Waals surface area (Å²) in [5.74, 6) is -0.540. The zero-order valence-corrected chi connectivity index (χ0v) is 9.15. The molecule has 1 aromatic heterocycles. The minimum Gasteiger partial charge on any atom is -0.434 e. The van der Waals surface area contributed by atoms with Crippen molar-refractivity contribution in [2.45, 2.75) is 0 Å². The molecule has 0 fully saturated rings. The third-order valence-electron chi connectivity index (χ3n) is 2.57. The molecule has 2 aromatic carbocycles. The molecule has 0 saturated heterocycles. The number of fused-ring (bicyclic) bond motifs is 1. The van der Waals surface area contributed by atoms with Gasteiger partial charge in [-0.3, -0.25) is 0 Å². The van der Waals surface area contributed by atoms with E-state index in [1.54, 1.807) is 0 Å². The van der Waals surface area contributed by atoms with Gasteiger partial charge in [0.25, 0.3) is 0 Å². The maximum Gasteiger partial charge on any atom is 0.227 e. The lowest BCUT2D eigenvalue weighted by Crippen LogP contribution is -1.86. The number of halogens is 2. The fourth-order valence-corrected chi connectivity index (χ4v) is 1.74. The number of nitrogens with zero attached hydrogens (tertiary/aromatic N) is 1. The molecule has 18 heavy (non-hydrogen) atoms. The summed E-state index contributed by atoms with van der Waals surface area (Å²) in [5.41, 5.74) is 7.10. The molecule has 0 unspecified atom stereocenters. The van der Waals surface area contributed by atoms with Crippen molar-refractivity contribution in [3.8, 4) is 11.5 Å². The van der Waals surface area contributed by atoms with Crippen molar-refractivity contribution in [3.05, 3.63) is 48.0 Å². The first kappa shape index (κ1) is 10.7. The van der Waals surface area contributed by atoms with E-state index in [1.165, 1.54) is 36.4 Å². The summed E-state index contributed by atoms with van der Waals surface area (Å²) < 4.78 is 31.4. The number of benzene rings is 2. The number of aromatic nitrogens is 1. The predicted octanol–water partition coefficient (Wildman–Crippen LogP) is 3.36. The van der Waals surface area contributed by atoms with Crippen LogP contribution in [0.25, 0.3) is 22.6 Å². The number of anilines is 1. The first-order chi connectivity index (χ1) is 8.63. The first-order valence-corrected chi connectivity index (χ1v) is 5.25. The minimum absolute atomic E-state index is 0.186. The molecule has 0 aliphatic heterocycles. The van der Waals surface area contributed by atoms with Crippen LogP contribution in [0.15, 0.2) is 40.8 Å². The van der Waals surface area contributed by atoms with E-state index in [-0.39, 0.29) is 17.4 Å². The van der Waals surface area contributed by atoms with Crippen LogP contribution in [-0.2, 0) is 0 Å². The van der Waals surface area contributed by atoms with Gasteiger partial charge in [0.15, 0.2) is 5.58 Å². The molecule has 0 radical (unpaired) electrons. The molecule has 3 nitrogen and oxygen atoms in total. The second kappa shape index (κ2) is 3.80. The Labute approximate surface area is 101 Å². The van der Waals surface area contributed by atoms with Crippen LogP contribution in [0.1, 0.15) is 0 Å². The molecule has 3 aromatic rings. The van der Waals surface area contributed by atoms with E-state index in [0.29, 0.717) is 16.7 Å². The summed E-state index contributed by atoms with van der Waals surface area (Å²) in [7, 11) is 0. The van der Waals surface area contributed by atoms with Gasteiger partial charge < -0.3 is 10.2 Å². The number of rotatable bonds is 1. The summed E-state index contributed by atoms with van der Waals surface area (Å²) in [6, 6.07) is 8.08. The lowest BCUT2D eigenvalue weighted by molar-refractivity contribution is 0.613. The smallest absolute Gasteiger partial charge is 0.227 e. The summed E-state index contributed by atoms with van der Waals surface area (Å²) in [6.07, 6.45) is 0. The molecule has 0 aliphatic carbocycles. The van der Waals surface area contributed by atoms with Gasteiger partial charge in [-0.25, -0.2) is 13.8 Å². The normalized spacial score (nSPS) is 11.0. The average molecular weight is 246 g/mol. The van der Waals surface area contributed by atoms with Crippen molar-refractivity contribution < 1.29 is 13.2 Å². The highest BCUT2D eigenvalue weighted by Gasteiger charge is 2.11. The Morgan fingerprint density at radius 1 is 1.00 bits per heavy atom. The summed E-state index contributed by atoms with van der Waals surface area (Å²) in [6.45, 7) is 0. The van der Waals surface area contributed by atoms with E-state index in [4.69, 9.17) is 10.2 Å². The number of hydrogen-bond acceptors (Lipinski definition) is 3. The van der Waals surface area contributed by atoms with Crippen molar-refractivity contribution in [2.75, 3.05) is 5.73 Å². The Bertz CT molecular complexity index is 720. The molecule has 1 heterocycles. The van der Waals surface area contributed by atoms with Crippen molar-refractivity contribution in [1.29, 1.82) is 0 Å². The Hall–Kier alpha value is -2.43. The van der Waals surface area contributed by atoms with Crippen LogP contribution in [0.2, 0.25) is 0 Å². The maximum atomic E-state index is 13.2. The Morgan fingerprint density at radius 2 is 1.72 bits per heavy atom. The van der Waals surface area contributed by atoms with Crippen molar-refractivity contribution in [2.24, 2.45) is 0 Å². The van der Waals surface area contributed by atoms with Gasteiger partial charge in [-0.1, -0.05) is 0 Å². The fourth-order valence-electron chi connectivity index (χ4n) is 1.74. The minimum atomic E-state index is -0.473. The highest BCUT2D eigenvalue weighted by atomic mass is 19.1. The molecule has 90 valence electrons. The van der Waals surface area contributed by atoms with E-state index >= 15 is 0 Å². The molecule has 0 aliphatic rings. The van der Waals surface area contributed by atoms with Gasteiger partial charge in [0, 0.05) is 17.7 Å². The average Bonchev–Trinajstić information content (AvgIpc) is 2.74. The lowest BCUT2D eigenvalue weighted by atomic mass is 10.2. The molecule has 2 N–H and O–H groups in total. The quantitative estimate of drug-likeness (QED) is 0.670. The van der Waals surface area contributed by atoms with Gasteiger partial charge >= 0.3 is 0 Å². The predicted molar refractivity (Wildman–Crippen MR) is 63.8 cm³/mol. The van der Waals surface area contributed by atoms with Crippen LogP contribution in [0, 0.1) is 11.6 Å². The lowest BCUT2D eigenvalue weighted by Gasteiger charge is -1.94. The number of hydrogen-bond donors (Lipinski definition) is 1. The molecule has 5 heteroatoms. The monoisotopic (exact) mass is 246 g/mol. The standard InChI is InChI=1S/C13H8F2N2O/c14-8-3-1-7(2-4-8)13-17-11-6-9(15)5-10(16)12(11)18-13/h1-6H,16H2. The third kappa shape index (κ3) is 1.69. The molecule has 0 atom stereocenters. The highest BCUT2D eigenvalue weighted by molar-refractivity contribution is 5.86. The van der Waals surface area contributed by atoms with Gasteiger partial charge in [-0.05, 0) is 24.3 Å². The topological polar surface area (TPSA) is 52.0 Å². The van der Waals surface area contributed by atoms with Gasteiger partial charge in [0.2, 0.25) is 5.89 Å². The van der Waals surface area contributed by atoms with Crippen LogP contribution in [0.3, 0.4) is 0 Å². The molecule has 0 spiro atoms. The molecule has 0 amide bonds. The van der Waals surface area contributed by atoms with Gasteiger partial charge in [0.1, 0.15) is 17.2 Å². The Morgan fingerprint density at radius 3 is 2.44 bits per heavy atom. The zero-order valence-electron chi connectivity index (χ0n) is 9.15. The number of nitrogens with two attached hydrogens (primary N) is 1. The molecular weight excluding hydrogens is 238 g/mol. The second-order valence-electron chi connectivity index (χ2n) is 3.87. The molecule has 0 bridgehead atoms. The molecule has 0 saturated carbocycles. The van der Waals surface area contributed by atoms with Crippen LogP contribution in [-0.4, -0.2) is 4.98 Å². The summed E-state index contributed by atoms with van der Waals surface area (Å²) in [4.78, 5) is 4.13. The second-order valence-corrected chi connectivity index (χ2v) is 3.87. The van der Waals surface area contributed by atoms with Gasteiger partial charge in [-0.2, -0.15) is 0 Å². The van der Waals surface area contributed by atoms with Crippen molar-refractivity contribution in [1.82, 2.24) is 4.98 Å². The SMILES string of the molecule is Nc1cc(F)cc2nc(-c3ccc(F)cc3)oc12. The van der Waals surface area contributed by atoms with Crippen LogP contribution in [0.5, 0.6) is 0 Å². The first-order valence-electron chi connectivity index (χ1n) is 5.25. The van der Waals surface area contributed by atoms with Gasteiger partial charge in [-0.15, -0.1) is 0 Å². The van der Waals surface area contributed by atoms with E-state index < -0.39 is 5.82 Å². The number of nitrogen functional groups attached to an aromatic ring is 1. The molecule has 3 rings (SSSR count). The van der Waals surface area contributed by atoms with Crippen molar-refractivity contribution >= 4 is 16.8 Å². The van der Waals surface area contributed by atoms with Crippen LogP contribution >= 0.6 is 0 Å². The van der Waals surface area contributed by atoms with Gasteiger partial charge in [0.05, 0.1) is 5.69 Å². The summed E-state index contributed by atoms with van der Waals surface area (Å²) in [5, 5.41) is 0. The summed E-state index contributed by atoms with van der Waals surface area (Å²) >= 11 is 0. The maximum absolute atomic E-state index is 13.2. The van der Waals surface area contributed by atoms with Crippen LogP contribution in [0.4, 0.5) is 14.5 Å². The fraction of sp³-hybridized carbons (Fsp3) is 0. The van der Waals surface area contributed by atoms with E-state index in [0.717, 1.165) is 0 Å². The van der Waals surface area contributed by atoms with E-state index in [9.17, 15) is 8.78 Å². The highest BCUT2D eigenvalue weighted by Crippen LogP contribution is 2.28. The number of oxazole rings is 1. The van der Waals surface area contributed by atoms with E-state index in [2.05, 4.69) is 4.98 Å². The Balaban J connectivity index is 2.19. The molecular formula is C13H8F2N2O. The van der Waals surface area contributed by atoms with E-state index in [1.807, 2.05) is 0 Å². The third-order valence-corrected chi connectivity index (χ3v) is 2.57. The largest absolute Gasteiger partial charge is 0.434 e. The Kier molecular flexibility index (Phi) is 2.26.